The summed E-state index contributed by atoms with van der Waals surface area (Å²) in [6.07, 6.45) is -4.75. The Bertz CT molecular complexity index is 993. The molecule has 29 heavy (non-hydrogen) atoms. The van der Waals surface area contributed by atoms with E-state index in [1.165, 1.54) is 18.2 Å². The van der Waals surface area contributed by atoms with Gasteiger partial charge in [-0.2, -0.15) is 0 Å². The molecule has 3 aromatic rings. The van der Waals surface area contributed by atoms with E-state index in [-0.39, 0.29) is 11.8 Å². The number of alkyl halides is 3. The molecule has 0 aliphatic heterocycles. The summed E-state index contributed by atoms with van der Waals surface area (Å²) in [5.74, 6) is 1.50. The molecule has 0 saturated heterocycles. The number of rotatable bonds is 6. The van der Waals surface area contributed by atoms with Crippen molar-refractivity contribution in [2.75, 3.05) is 12.4 Å². The van der Waals surface area contributed by atoms with Crippen molar-refractivity contribution in [1.29, 1.82) is 0 Å². The normalized spacial score (nSPS) is 12.3. The molecule has 152 valence electrons. The van der Waals surface area contributed by atoms with E-state index in [4.69, 9.17) is 4.74 Å². The second-order valence-corrected chi connectivity index (χ2v) is 6.40. The lowest BCUT2D eigenvalue weighted by atomic mass is 10.1. The average Bonchev–Trinajstić information content (AvgIpc) is 2.66. The van der Waals surface area contributed by atoms with Crippen LogP contribution in [0.2, 0.25) is 0 Å². The minimum Gasteiger partial charge on any atom is -0.497 e. The van der Waals surface area contributed by atoms with Crippen molar-refractivity contribution in [2.24, 2.45) is 0 Å². The summed E-state index contributed by atoms with van der Waals surface area (Å²) in [5.41, 5.74) is 1.99. The lowest BCUT2D eigenvalue weighted by Gasteiger charge is -2.17. The maximum absolute atomic E-state index is 12.5. The van der Waals surface area contributed by atoms with Crippen LogP contribution in [0.4, 0.5) is 19.0 Å². The van der Waals surface area contributed by atoms with Gasteiger partial charge in [-0.1, -0.05) is 24.3 Å². The third kappa shape index (κ3) is 5.60. The fourth-order valence-corrected chi connectivity index (χ4v) is 2.86. The fourth-order valence-electron chi connectivity index (χ4n) is 2.86. The zero-order chi connectivity index (χ0) is 21.0. The first-order valence-corrected chi connectivity index (χ1v) is 8.86. The maximum Gasteiger partial charge on any atom is 0.573 e. The van der Waals surface area contributed by atoms with Gasteiger partial charge in [0, 0.05) is 11.6 Å². The number of aryl methyl sites for hydroxylation is 1. The van der Waals surface area contributed by atoms with E-state index in [0.717, 1.165) is 11.3 Å². The van der Waals surface area contributed by atoms with Crippen LogP contribution in [0.25, 0.3) is 11.3 Å². The van der Waals surface area contributed by atoms with E-state index in [0.29, 0.717) is 22.9 Å². The third-order valence-corrected chi connectivity index (χ3v) is 4.16. The molecule has 5 nitrogen and oxygen atoms in total. The quantitative estimate of drug-likeness (QED) is 0.586. The largest absolute Gasteiger partial charge is 0.573 e. The highest BCUT2D eigenvalue weighted by Crippen LogP contribution is 2.29. The van der Waals surface area contributed by atoms with Gasteiger partial charge in [-0.3, -0.25) is 0 Å². The molecule has 0 unspecified atom stereocenters. The average molecular weight is 403 g/mol. The summed E-state index contributed by atoms with van der Waals surface area (Å²) in [7, 11) is 1.61. The van der Waals surface area contributed by atoms with Gasteiger partial charge in [0.15, 0.2) is 0 Å². The molecule has 1 atom stereocenters. The second-order valence-electron chi connectivity index (χ2n) is 6.40. The molecule has 8 heteroatoms. The molecule has 0 radical (unpaired) electrons. The summed E-state index contributed by atoms with van der Waals surface area (Å²) in [6, 6.07) is 15.0. The van der Waals surface area contributed by atoms with Crippen LogP contribution in [0.5, 0.6) is 11.5 Å². The van der Waals surface area contributed by atoms with E-state index in [2.05, 4.69) is 20.0 Å². The van der Waals surface area contributed by atoms with E-state index in [1.54, 1.807) is 26.2 Å². The van der Waals surface area contributed by atoms with Crippen molar-refractivity contribution in [1.82, 2.24) is 9.97 Å². The summed E-state index contributed by atoms with van der Waals surface area (Å²) >= 11 is 0. The minimum atomic E-state index is -4.75. The highest BCUT2D eigenvalue weighted by Gasteiger charge is 2.31. The van der Waals surface area contributed by atoms with Gasteiger partial charge in [0.05, 0.1) is 18.8 Å². The Kier molecular flexibility index (Phi) is 5.91. The Morgan fingerprint density at radius 3 is 2.41 bits per heavy atom. The molecule has 2 aromatic carbocycles. The fraction of sp³-hybridized carbons (Fsp3) is 0.238. The predicted octanol–water partition coefficient (Wildman–Crippen LogP) is 5.53. The molecule has 0 saturated carbocycles. The number of nitrogens with zero attached hydrogens (tertiary/aromatic N) is 2. The van der Waals surface area contributed by atoms with Gasteiger partial charge in [0.2, 0.25) is 0 Å². The lowest BCUT2D eigenvalue weighted by molar-refractivity contribution is -0.274. The van der Waals surface area contributed by atoms with Crippen molar-refractivity contribution in [3.8, 4) is 22.8 Å². The van der Waals surface area contributed by atoms with E-state index >= 15 is 0 Å². The molecule has 1 heterocycles. The van der Waals surface area contributed by atoms with Crippen molar-refractivity contribution in [3.05, 3.63) is 66.0 Å². The van der Waals surface area contributed by atoms with Gasteiger partial charge in [-0.15, -0.1) is 13.2 Å². The zero-order valence-electron chi connectivity index (χ0n) is 16.1. The number of methoxy groups -OCH3 is 1. The summed E-state index contributed by atoms with van der Waals surface area (Å²) in [5, 5.41) is 3.30. The Morgan fingerprint density at radius 2 is 1.69 bits per heavy atom. The number of ether oxygens (including phenoxy) is 2. The summed E-state index contributed by atoms with van der Waals surface area (Å²) < 4.78 is 46.7. The van der Waals surface area contributed by atoms with Crippen LogP contribution >= 0.6 is 0 Å². The number of hydrogen-bond donors (Lipinski definition) is 1. The standard InChI is InChI=1S/C21H20F3N3O2/c1-13(15-6-4-8-17(10-15)28-3)25-20-12-19(26-14(2)27-20)16-7-5-9-18(11-16)29-21(22,23)24/h4-13H,1-3H3,(H,25,26,27)/t13-/m0/s1. The molecule has 3 rings (SSSR count). The number of hydrogen-bond acceptors (Lipinski definition) is 5. The van der Waals surface area contributed by atoms with Crippen LogP contribution in [0.15, 0.2) is 54.6 Å². The first-order valence-electron chi connectivity index (χ1n) is 8.86. The highest BCUT2D eigenvalue weighted by molar-refractivity contribution is 5.64. The van der Waals surface area contributed by atoms with Gasteiger partial charge < -0.3 is 14.8 Å². The summed E-state index contributed by atoms with van der Waals surface area (Å²) in [6.45, 7) is 3.70. The molecule has 0 bridgehead atoms. The first-order chi connectivity index (χ1) is 13.7. The molecular formula is C21H20F3N3O2. The molecule has 0 aliphatic carbocycles. The number of benzene rings is 2. The number of anilines is 1. The first kappa shape index (κ1) is 20.4. The van der Waals surface area contributed by atoms with Gasteiger partial charge in [0.25, 0.3) is 0 Å². The van der Waals surface area contributed by atoms with Crippen LogP contribution in [-0.2, 0) is 0 Å². The predicted molar refractivity (Wildman–Crippen MR) is 104 cm³/mol. The van der Waals surface area contributed by atoms with E-state index in [1.807, 2.05) is 31.2 Å². The smallest absolute Gasteiger partial charge is 0.497 e. The molecule has 0 aliphatic rings. The van der Waals surface area contributed by atoms with Crippen molar-refractivity contribution in [3.63, 3.8) is 0 Å². The zero-order valence-corrected chi connectivity index (χ0v) is 16.1. The lowest BCUT2D eigenvalue weighted by Crippen LogP contribution is -2.17. The van der Waals surface area contributed by atoms with Crippen molar-refractivity contribution < 1.29 is 22.6 Å². The van der Waals surface area contributed by atoms with Crippen LogP contribution in [0.1, 0.15) is 24.4 Å². The number of nitrogens with one attached hydrogen (secondary N) is 1. The Balaban J connectivity index is 1.85. The van der Waals surface area contributed by atoms with Crippen molar-refractivity contribution in [2.45, 2.75) is 26.3 Å². The third-order valence-electron chi connectivity index (χ3n) is 4.16. The number of halogens is 3. The maximum atomic E-state index is 12.5. The number of aromatic nitrogens is 2. The molecule has 1 aromatic heterocycles. The molecule has 0 amide bonds. The van der Waals surface area contributed by atoms with E-state index < -0.39 is 6.36 Å². The van der Waals surface area contributed by atoms with Crippen LogP contribution in [0.3, 0.4) is 0 Å². The molecule has 1 N–H and O–H groups in total. The second kappa shape index (κ2) is 8.38. The Hall–Kier alpha value is -3.29. The van der Waals surface area contributed by atoms with Crippen molar-refractivity contribution >= 4 is 5.82 Å². The van der Waals surface area contributed by atoms with Gasteiger partial charge in [-0.05, 0) is 43.7 Å². The Labute approximate surface area is 166 Å². The molecule has 0 spiro atoms. The van der Waals surface area contributed by atoms with Gasteiger partial charge >= 0.3 is 6.36 Å². The SMILES string of the molecule is COc1cccc([C@H](C)Nc2cc(-c3cccc(OC(F)(F)F)c3)nc(C)n2)c1. The molecular weight excluding hydrogens is 383 g/mol. The van der Waals surface area contributed by atoms with Crippen LogP contribution < -0.4 is 14.8 Å². The van der Waals surface area contributed by atoms with Crippen LogP contribution in [0, 0.1) is 6.92 Å². The topological polar surface area (TPSA) is 56.3 Å². The Morgan fingerprint density at radius 1 is 0.966 bits per heavy atom. The van der Waals surface area contributed by atoms with Gasteiger partial charge in [-0.25, -0.2) is 9.97 Å². The van der Waals surface area contributed by atoms with E-state index in [9.17, 15) is 13.2 Å². The highest BCUT2D eigenvalue weighted by atomic mass is 19.4. The minimum absolute atomic E-state index is 0.0767. The van der Waals surface area contributed by atoms with Crippen LogP contribution in [-0.4, -0.2) is 23.4 Å². The van der Waals surface area contributed by atoms with Gasteiger partial charge in [0.1, 0.15) is 23.1 Å². The summed E-state index contributed by atoms with van der Waals surface area (Å²) in [4.78, 5) is 8.73. The molecule has 0 fully saturated rings. The monoisotopic (exact) mass is 403 g/mol.